The lowest BCUT2D eigenvalue weighted by atomic mass is 10.1. The minimum atomic E-state index is -0.145. The number of carbonyl (C=O) groups excluding carboxylic acids is 2. The van der Waals surface area contributed by atoms with Gasteiger partial charge in [0.2, 0.25) is 0 Å². The van der Waals surface area contributed by atoms with E-state index in [4.69, 9.17) is 0 Å². The molecule has 3 heteroatoms. The van der Waals surface area contributed by atoms with Crippen molar-refractivity contribution in [2.45, 2.75) is 26.7 Å². The Hall–Kier alpha value is -1.64. The van der Waals surface area contributed by atoms with Crippen LogP contribution in [0.4, 0.5) is 0 Å². The van der Waals surface area contributed by atoms with Crippen LogP contribution in [0.1, 0.15) is 47.4 Å². The smallest absolute Gasteiger partial charge is 0.261 e. The zero-order valence-electron chi connectivity index (χ0n) is 10.3. The summed E-state index contributed by atoms with van der Waals surface area (Å²) in [5.74, 6) is 0.0734. The summed E-state index contributed by atoms with van der Waals surface area (Å²) in [6.45, 7) is 4.71. The molecule has 1 aliphatic rings. The molecule has 2 rings (SSSR count). The number of amides is 2. The van der Waals surface area contributed by atoms with Crippen molar-refractivity contribution < 1.29 is 9.59 Å². The molecule has 0 N–H and O–H groups in total. The number of rotatable bonds is 4. The van der Waals surface area contributed by atoms with Gasteiger partial charge >= 0.3 is 0 Å². The van der Waals surface area contributed by atoms with E-state index in [9.17, 15) is 9.59 Å². The number of imide groups is 1. The highest BCUT2D eigenvalue weighted by atomic mass is 16.2. The van der Waals surface area contributed by atoms with Crippen molar-refractivity contribution in [2.75, 3.05) is 6.54 Å². The van der Waals surface area contributed by atoms with Gasteiger partial charge in [0.15, 0.2) is 0 Å². The van der Waals surface area contributed by atoms with Gasteiger partial charge < -0.3 is 0 Å². The van der Waals surface area contributed by atoms with Gasteiger partial charge in [-0.05, 0) is 24.5 Å². The van der Waals surface area contributed by atoms with Crippen molar-refractivity contribution >= 4 is 11.8 Å². The Balaban J connectivity index is 2.19. The first-order chi connectivity index (χ1) is 8.15. The summed E-state index contributed by atoms with van der Waals surface area (Å²) >= 11 is 0. The maximum atomic E-state index is 12.1. The molecule has 2 amide bonds. The fourth-order valence-electron chi connectivity index (χ4n) is 2.30. The third-order valence-corrected chi connectivity index (χ3v) is 3.15. The fourth-order valence-corrected chi connectivity index (χ4v) is 2.30. The molecular weight excluding hydrogens is 214 g/mol. The van der Waals surface area contributed by atoms with Gasteiger partial charge in [-0.15, -0.1) is 0 Å². The number of fused-ring (bicyclic) bond motifs is 1. The zero-order valence-corrected chi connectivity index (χ0v) is 10.3. The van der Waals surface area contributed by atoms with Gasteiger partial charge in [0.25, 0.3) is 11.8 Å². The third kappa shape index (κ3) is 2.09. The normalized spacial score (nSPS) is 16.2. The first-order valence-corrected chi connectivity index (χ1v) is 6.10. The summed E-state index contributed by atoms with van der Waals surface area (Å²) in [6, 6.07) is 7.03. The van der Waals surface area contributed by atoms with Crippen LogP contribution in [-0.2, 0) is 0 Å². The molecule has 0 unspecified atom stereocenters. The average Bonchev–Trinajstić information content (AvgIpc) is 2.56. The number of benzene rings is 1. The zero-order chi connectivity index (χ0) is 12.4. The van der Waals surface area contributed by atoms with Crippen molar-refractivity contribution in [3.8, 4) is 0 Å². The van der Waals surface area contributed by atoms with Crippen LogP contribution in [0.25, 0.3) is 0 Å². The lowest BCUT2D eigenvalue weighted by Gasteiger charge is -2.18. The van der Waals surface area contributed by atoms with Crippen LogP contribution in [-0.4, -0.2) is 23.3 Å². The Kier molecular flexibility index (Phi) is 3.27. The number of carbonyl (C=O) groups is 2. The molecule has 0 fully saturated rings. The minimum absolute atomic E-state index is 0.145. The van der Waals surface area contributed by atoms with Gasteiger partial charge in [-0.1, -0.05) is 32.4 Å². The molecule has 1 atom stereocenters. The molecule has 90 valence electrons. The predicted octanol–water partition coefficient (Wildman–Crippen LogP) is 2.72. The van der Waals surface area contributed by atoms with E-state index in [-0.39, 0.29) is 11.8 Å². The molecule has 0 saturated heterocycles. The Morgan fingerprint density at radius 2 is 1.65 bits per heavy atom. The SMILES string of the molecule is CCC[C@H](C)CN1C(=O)c2ccccc2C1=O. The van der Waals surface area contributed by atoms with E-state index in [1.807, 2.05) is 0 Å². The van der Waals surface area contributed by atoms with Gasteiger partial charge in [0.05, 0.1) is 11.1 Å². The molecule has 1 aliphatic heterocycles. The standard InChI is InChI=1S/C14H17NO2/c1-3-6-10(2)9-15-13(16)11-7-4-5-8-12(11)14(15)17/h4-5,7-8,10H,3,6,9H2,1-2H3/t10-/m0/s1. The molecule has 0 aliphatic carbocycles. The molecular formula is C14H17NO2. The van der Waals surface area contributed by atoms with Crippen LogP contribution in [0.3, 0.4) is 0 Å². The van der Waals surface area contributed by atoms with Gasteiger partial charge in [-0.25, -0.2) is 0 Å². The van der Waals surface area contributed by atoms with Gasteiger partial charge in [0.1, 0.15) is 0 Å². The molecule has 3 nitrogen and oxygen atoms in total. The van der Waals surface area contributed by atoms with Crippen molar-refractivity contribution in [1.29, 1.82) is 0 Å². The van der Waals surface area contributed by atoms with Crippen LogP contribution >= 0.6 is 0 Å². The lowest BCUT2D eigenvalue weighted by molar-refractivity contribution is 0.0630. The summed E-state index contributed by atoms with van der Waals surface area (Å²) in [4.78, 5) is 25.5. The van der Waals surface area contributed by atoms with E-state index >= 15 is 0 Å². The molecule has 17 heavy (non-hydrogen) atoms. The van der Waals surface area contributed by atoms with E-state index in [1.165, 1.54) is 4.90 Å². The first-order valence-electron chi connectivity index (χ1n) is 6.10. The largest absolute Gasteiger partial charge is 0.274 e. The minimum Gasteiger partial charge on any atom is -0.274 e. The second-order valence-corrected chi connectivity index (χ2v) is 4.66. The Bertz CT molecular complexity index is 418. The highest BCUT2D eigenvalue weighted by Gasteiger charge is 2.35. The van der Waals surface area contributed by atoms with E-state index in [0.717, 1.165) is 12.8 Å². The van der Waals surface area contributed by atoms with Crippen molar-refractivity contribution in [3.63, 3.8) is 0 Å². The second-order valence-electron chi connectivity index (χ2n) is 4.66. The molecule has 0 aromatic heterocycles. The Morgan fingerprint density at radius 3 is 2.12 bits per heavy atom. The molecule has 0 radical (unpaired) electrons. The van der Waals surface area contributed by atoms with Gasteiger partial charge in [-0.2, -0.15) is 0 Å². The summed E-state index contributed by atoms with van der Waals surface area (Å²) in [6.07, 6.45) is 2.11. The van der Waals surface area contributed by atoms with E-state index in [1.54, 1.807) is 24.3 Å². The van der Waals surface area contributed by atoms with Crippen LogP contribution in [0, 0.1) is 5.92 Å². The summed E-state index contributed by atoms with van der Waals surface area (Å²) in [5.41, 5.74) is 1.09. The fraction of sp³-hybridized carbons (Fsp3) is 0.429. The quantitative estimate of drug-likeness (QED) is 0.747. The van der Waals surface area contributed by atoms with Crippen LogP contribution < -0.4 is 0 Å². The summed E-state index contributed by atoms with van der Waals surface area (Å²) in [7, 11) is 0. The number of hydrogen-bond donors (Lipinski definition) is 0. The van der Waals surface area contributed by atoms with E-state index in [0.29, 0.717) is 23.6 Å². The van der Waals surface area contributed by atoms with Crippen LogP contribution in [0.5, 0.6) is 0 Å². The van der Waals surface area contributed by atoms with Crippen LogP contribution in [0.2, 0.25) is 0 Å². The molecule has 0 saturated carbocycles. The van der Waals surface area contributed by atoms with Gasteiger partial charge in [0, 0.05) is 6.54 Å². The molecule has 0 bridgehead atoms. The first kappa shape index (κ1) is 11.8. The number of hydrogen-bond acceptors (Lipinski definition) is 2. The topological polar surface area (TPSA) is 37.4 Å². The molecule has 1 aromatic carbocycles. The van der Waals surface area contributed by atoms with Crippen molar-refractivity contribution in [2.24, 2.45) is 5.92 Å². The maximum Gasteiger partial charge on any atom is 0.261 e. The molecule has 0 spiro atoms. The summed E-state index contributed by atoms with van der Waals surface area (Å²) < 4.78 is 0. The van der Waals surface area contributed by atoms with Crippen molar-refractivity contribution in [3.05, 3.63) is 35.4 Å². The monoisotopic (exact) mass is 231 g/mol. The molecule has 1 aromatic rings. The average molecular weight is 231 g/mol. The number of nitrogens with zero attached hydrogens (tertiary/aromatic N) is 1. The molecule has 1 heterocycles. The maximum absolute atomic E-state index is 12.1. The van der Waals surface area contributed by atoms with Crippen LogP contribution in [0.15, 0.2) is 24.3 Å². The predicted molar refractivity (Wildman–Crippen MR) is 65.9 cm³/mol. The van der Waals surface area contributed by atoms with E-state index in [2.05, 4.69) is 13.8 Å². The highest BCUT2D eigenvalue weighted by molar-refractivity contribution is 6.21. The summed E-state index contributed by atoms with van der Waals surface area (Å²) in [5, 5.41) is 0. The van der Waals surface area contributed by atoms with Crippen molar-refractivity contribution in [1.82, 2.24) is 4.90 Å². The Morgan fingerprint density at radius 1 is 1.12 bits per heavy atom. The second kappa shape index (κ2) is 4.70. The lowest BCUT2D eigenvalue weighted by Crippen LogP contribution is -2.33. The Labute approximate surface area is 101 Å². The van der Waals surface area contributed by atoms with Gasteiger partial charge in [-0.3, -0.25) is 14.5 Å². The highest BCUT2D eigenvalue weighted by Crippen LogP contribution is 2.23. The van der Waals surface area contributed by atoms with E-state index < -0.39 is 0 Å². The third-order valence-electron chi connectivity index (χ3n) is 3.15.